The second-order valence-corrected chi connectivity index (χ2v) is 3.83. The Morgan fingerprint density at radius 3 is 2.44 bits per heavy atom. The van der Waals surface area contributed by atoms with E-state index < -0.39 is 0 Å². The number of hydrogen-bond donors (Lipinski definition) is 0. The van der Waals surface area contributed by atoms with Crippen LogP contribution in [0, 0.1) is 6.92 Å². The molecule has 0 aliphatic carbocycles. The Morgan fingerprint density at radius 1 is 1.00 bits per heavy atom. The lowest BCUT2D eigenvalue weighted by Crippen LogP contribution is -2.07. The minimum atomic E-state index is 0.506. The molecule has 0 atom stereocenters. The van der Waals surface area contributed by atoms with E-state index in [1.54, 1.807) is 14.2 Å². The van der Waals surface area contributed by atoms with E-state index in [1.165, 1.54) is 0 Å². The van der Waals surface area contributed by atoms with Gasteiger partial charge in [0, 0.05) is 19.8 Å². The maximum absolute atomic E-state index is 5.64. The van der Waals surface area contributed by atoms with Crippen LogP contribution in [0.3, 0.4) is 0 Å². The Labute approximate surface area is 109 Å². The van der Waals surface area contributed by atoms with E-state index in [9.17, 15) is 0 Å². The number of rotatable bonds is 9. The highest BCUT2D eigenvalue weighted by Crippen LogP contribution is 2.21. The van der Waals surface area contributed by atoms with Crippen LogP contribution in [0.25, 0.3) is 0 Å². The summed E-state index contributed by atoms with van der Waals surface area (Å²) in [5, 5.41) is 0. The normalized spacial score (nSPS) is 10.6. The molecule has 1 rings (SSSR count). The van der Waals surface area contributed by atoms with Crippen molar-refractivity contribution in [2.24, 2.45) is 0 Å². The Hall–Kier alpha value is -1.10. The van der Waals surface area contributed by atoms with Crippen molar-refractivity contribution in [3.63, 3.8) is 0 Å². The molecule has 0 saturated heterocycles. The zero-order chi connectivity index (χ0) is 13.2. The van der Waals surface area contributed by atoms with Crippen LogP contribution in [-0.2, 0) is 20.8 Å². The van der Waals surface area contributed by atoms with Gasteiger partial charge in [0.2, 0.25) is 0 Å². The molecule has 0 saturated carbocycles. The molecule has 1 aromatic carbocycles. The van der Waals surface area contributed by atoms with Crippen LogP contribution in [0.2, 0.25) is 0 Å². The maximum Gasteiger partial charge on any atom is 0.125 e. The fourth-order valence-electron chi connectivity index (χ4n) is 1.41. The predicted molar refractivity (Wildman–Crippen MR) is 69.8 cm³/mol. The van der Waals surface area contributed by atoms with Crippen molar-refractivity contribution in [1.29, 1.82) is 0 Å². The molecule has 0 bridgehead atoms. The summed E-state index contributed by atoms with van der Waals surface area (Å²) in [4.78, 5) is 0. The molecule has 1 radical (unpaired) electrons. The molecule has 0 spiro atoms. The van der Waals surface area contributed by atoms with Crippen LogP contribution in [0.4, 0.5) is 0 Å². The van der Waals surface area contributed by atoms with Crippen LogP contribution < -0.4 is 4.74 Å². The van der Waals surface area contributed by atoms with Crippen molar-refractivity contribution >= 4 is 0 Å². The van der Waals surface area contributed by atoms with Gasteiger partial charge >= 0.3 is 0 Å². The molecule has 0 N–H and O–H groups in total. The van der Waals surface area contributed by atoms with E-state index >= 15 is 0 Å². The van der Waals surface area contributed by atoms with Gasteiger partial charge in [-0.2, -0.15) is 0 Å². The molecule has 0 aliphatic rings. The molecule has 0 amide bonds. The van der Waals surface area contributed by atoms with Crippen molar-refractivity contribution in [3.8, 4) is 5.75 Å². The Morgan fingerprint density at radius 2 is 1.72 bits per heavy atom. The first-order valence-electron chi connectivity index (χ1n) is 5.91. The second kappa shape index (κ2) is 8.91. The summed E-state index contributed by atoms with van der Waals surface area (Å²) < 4.78 is 21.0. The summed E-state index contributed by atoms with van der Waals surface area (Å²) >= 11 is 0. The zero-order valence-corrected chi connectivity index (χ0v) is 11.1. The molecular formula is C14H21O4. The number of ether oxygens (including phenoxy) is 4. The average Bonchev–Trinajstić information content (AvgIpc) is 2.37. The van der Waals surface area contributed by atoms with E-state index in [1.807, 2.05) is 18.2 Å². The highest BCUT2D eigenvalue weighted by Gasteiger charge is 2.04. The first-order valence-corrected chi connectivity index (χ1v) is 5.91. The third kappa shape index (κ3) is 5.49. The van der Waals surface area contributed by atoms with E-state index in [-0.39, 0.29) is 0 Å². The molecule has 101 valence electrons. The van der Waals surface area contributed by atoms with Gasteiger partial charge < -0.3 is 18.9 Å². The lowest BCUT2D eigenvalue weighted by molar-refractivity contribution is 0.0600. The van der Waals surface area contributed by atoms with Crippen LogP contribution in [0.15, 0.2) is 18.2 Å². The number of methoxy groups -OCH3 is 2. The topological polar surface area (TPSA) is 36.9 Å². The maximum atomic E-state index is 5.64. The zero-order valence-electron chi connectivity index (χ0n) is 11.1. The average molecular weight is 253 g/mol. The quantitative estimate of drug-likeness (QED) is 0.631. The van der Waals surface area contributed by atoms with E-state index in [0.717, 1.165) is 16.9 Å². The number of benzene rings is 1. The summed E-state index contributed by atoms with van der Waals surface area (Å²) in [5.74, 6) is 0.803. The molecular weight excluding hydrogens is 232 g/mol. The fourth-order valence-corrected chi connectivity index (χ4v) is 1.41. The van der Waals surface area contributed by atoms with E-state index in [4.69, 9.17) is 18.9 Å². The van der Waals surface area contributed by atoms with Crippen LogP contribution in [0.5, 0.6) is 5.75 Å². The molecule has 4 nitrogen and oxygen atoms in total. The highest BCUT2D eigenvalue weighted by molar-refractivity contribution is 5.38. The van der Waals surface area contributed by atoms with Crippen molar-refractivity contribution in [2.75, 3.05) is 40.6 Å². The smallest absolute Gasteiger partial charge is 0.125 e. The van der Waals surface area contributed by atoms with Gasteiger partial charge in [0.1, 0.15) is 12.4 Å². The molecule has 4 heteroatoms. The van der Waals surface area contributed by atoms with Gasteiger partial charge in [0.25, 0.3) is 0 Å². The van der Waals surface area contributed by atoms with Crippen LogP contribution in [0.1, 0.15) is 11.1 Å². The third-order valence-electron chi connectivity index (χ3n) is 2.37. The highest BCUT2D eigenvalue weighted by atomic mass is 16.5. The summed E-state index contributed by atoms with van der Waals surface area (Å²) in [7, 11) is 3.30. The summed E-state index contributed by atoms with van der Waals surface area (Å²) in [6.45, 7) is 6.63. The van der Waals surface area contributed by atoms with Crippen molar-refractivity contribution in [3.05, 3.63) is 36.2 Å². The van der Waals surface area contributed by atoms with Gasteiger partial charge in [0.15, 0.2) is 0 Å². The first kappa shape index (κ1) is 15.0. The Kier molecular flexibility index (Phi) is 7.41. The van der Waals surface area contributed by atoms with Crippen molar-refractivity contribution in [1.82, 2.24) is 0 Å². The molecule has 0 fully saturated rings. The molecule has 1 aromatic rings. The molecule has 0 heterocycles. The van der Waals surface area contributed by atoms with Gasteiger partial charge in [-0.25, -0.2) is 0 Å². The van der Waals surface area contributed by atoms with Gasteiger partial charge in [-0.05, 0) is 18.6 Å². The first-order chi connectivity index (χ1) is 8.77. The largest absolute Gasteiger partial charge is 0.491 e. The molecule has 0 aromatic heterocycles. The van der Waals surface area contributed by atoms with Crippen LogP contribution >= 0.6 is 0 Å². The molecule has 0 aliphatic heterocycles. The van der Waals surface area contributed by atoms with Gasteiger partial charge in [-0.1, -0.05) is 12.1 Å². The number of hydrogen-bond acceptors (Lipinski definition) is 4. The second-order valence-electron chi connectivity index (χ2n) is 3.83. The molecule has 18 heavy (non-hydrogen) atoms. The van der Waals surface area contributed by atoms with Gasteiger partial charge in [-0.3, -0.25) is 0 Å². The van der Waals surface area contributed by atoms with E-state index in [0.29, 0.717) is 33.0 Å². The van der Waals surface area contributed by atoms with Gasteiger partial charge in [-0.15, -0.1) is 0 Å². The lowest BCUT2D eigenvalue weighted by atomic mass is 10.1. The SMILES string of the molecule is [CH2]c1ccc(COCCOC)c(OCCOC)c1. The molecule has 0 unspecified atom stereocenters. The lowest BCUT2D eigenvalue weighted by Gasteiger charge is -2.12. The van der Waals surface area contributed by atoms with Crippen LogP contribution in [-0.4, -0.2) is 40.6 Å². The predicted octanol–water partition coefficient (Wildman–Crippen LogP) is 2.06. The monoisotopic (exact) mass is 253 g/mol. The summed E-state index contributed by atoms with van der Waals surface area (Å²) in [5.41, 5.74) is 1.93. The van der Waals surface area contributed by atoms with E-state index in [2.05, 4.69) is 6.92 Å². The fraction of sp³-hybridized carbons (Fsp3) is 0.500. The minimum absolute atomic E-state index is 0.506. The summed E-state index contributed by atoms with van der Waals surface area (Å²) in [6, 6.07) is 5.82. The summed E-state index contributed by atoms with van der Waals surface area (Å²) in [6.07, 6.45) is 0. The standard InChI is InChI=1S/C14H21O4/c1-12-4-5-13(11-17-8-6-15-2)14(10-12)18-9-7-16-3/h4-5,10H,1,6-9,11H2,2-3H3. The van der Waals surface area contributed by atoms with Crippen molar-refractivity contribution < 1.29 is 18.9 Å². The Bertz CT molecular complexity index is 339. The minimum Gasteiger partial charge on any atom is -0.491 e. The van der Waals surface area contributed by atoms with Crippen molar-refractivity contribution in [2.45, 2.75) is 6.61 Å². The van der Waals surface area contributed by atoms with Gasteiger partial charge in [0.05, 0.1) is 26.4 Å². The Balaban J connectivity index is 2.52. The third-order valence-corrected chi connectivity index (χ3v) is 2.37.